The van der Waals surface area contributed by atoms with Gasteiger partial charge in [-0.1, -0.05) is 18.2 Å². The fourth-order valence-corrected chi connectivity index (χ4v) is 3.01. The molecule has 0 aliphatic carbocycles. The number of aryl methyl sites for hydroxylation is 1. The van der Waals surface area contributed by atoms with Crippen LogP contribution in [0.5, 0.6) is 0 Å². The van der Waals surface area contributed by atoms with Crippen molar-refractivity contribution < 1.29 is 18.4 Å². The van der Waals surface area contributed by atoms with E-state index in [0.717, 1.165) is 5.56 Å². The Morgan fingerprint density at radius 2 is 1.80 bits per heavy atom. The maximum absolute atomic E-state index is 14.1. The molecule has 0 aromatic heterocycles. The summed E-state index contributed by atoms with van der Waals surface area (Å²) in [5, 5.41) is 0. The number of benzene rings is 2. The van der Waals surface area contributed by atoms with Crippen LogP contribution in [0, 0.1) is 18.6 Å². The molecule has 1 saturated heterocycles. The van der Waals surface area contributed by atoms with Crippen molar-refractivity contribution in [1.29, 1.82) is 0 Å². The van der Waals surface area contributed by atoms with Crippen molar-refractivity contribution >= 4 is 17.5 Å². The summed E-state index contributed by atoms with van der Waals surface area (Å²) < 4.78 is 28.0. The van der Waals surface area contributed by atoms with Gasteiger partial charge in [0, 0.05) is 13.1 Å². The van der Waals surface area contributed by atoms with Crippen LogP contribution >= 0.6 is 0 Å². The van der Waals surface area contributed by atoms with E-state index in [2.05, 4.69) is 0 Å². The standard InChI is InChI=1S/C19H18F2N2O2/c1-12-7-8-16(21)17(11-12)23-10-9-22(13(2)18(23)24)19(25)14-5-3-4-6-15(14)20/h3-8,11,13H,9-10H2,1-2H3. The average molecular weight is 344 g/mol. The van der Waals surface area contributed by atoms with Crippen LogP contribution in [0.3, 0.4) is 0 Å². The molecule has 2 aromatic rings. The summed E-state index contributed by atoms with van der Waals surface area (Å²) in [6.07, 6.45) is 0. The Kier molecular flexibility index (Phi) is 4.53. The smallest absolute Gasteiger partial charge is 0.257 e. The van der Waals surface area contributed by atoms with Crippen LogP contribution in [0.2, 0.25) is 0 Å². The van der Waals surface area contributed by atoms with Crippen molar-refractivity contribution in [3.63, 3.8) is 0 Å². The highest BCUT2D eigenvalue weighted by atomic mass is 19.1. The minimum absolute atomic E-state index is 0.0719. The monoisotopic (exact) mass is 344 g/mol. The first kappa shape index (κ1) is 17.1. The number of hydrogen-bond acceptors (Lipinski definition) is 2. The third-order valence-electron chi connectivity index (χ3n) is 4.41. The molecule has 6 heteroatoms. The van der Waals surface area contributed by atoms with Gasteiger partial charge in [-0.3, -0.25) is 9.59 Å². The van der Waals surface area contributed by atoms with Gasteiger partial charge < -0.3 is 9.80 Å². The third-order valence-corrected chi connectivity index (χ3v) is 4.41. The second-order valence-electron chi connectivity index (χ2n) is 6.10. The van der Waals surface area contributed by atoms with Gasteiger partial charge in [-0.2, -0.15) is 0 Å². The van der Waals surface area contributed by atoms with E-state index in [0.29, 0.717) is 0 Å². The van der Waals surface area contributed by atoms with Crippen molar-refractivity contribution in [3.05, 3.63) is 65.2 Å². The van der Waals surface area contributed by atoms with Crippen LogP contribution in [0.1, 0.15) is 22.8 Å². The lowest BCUT2D eigenvalue weighted by Crippen LogP contribution is -2.58. The Hall–Kier alpha value is -2.76. The lowest BCUT2D eigenvalue weighted by Gasteiger charge is -2.39. The Morgan fingerprint density at radius 1 is 1.08 bits per heavy atom. The highest BCUT2D eigenvalue weighted by molar-refractivity contribution is 6.03. The van der Waals surface area contributed by atoms with Gasteiger partial charge in [0.1, 0.15) is 17.7 Å². The number of amides is 2. The fraction of sp³-hybridized carbons (Fsp3) is 0.263. The Morgan fingerprint density at radius 3 is 2.52 bits per heavy atom. The molecule has 1 aliphatic heterocycles. The minimum Gasteiger partial charge on any atom is -0.325 e. The molecule has 2 aromatic carbocycles. The second kappa shape index (κ2) is 6.63. The molecule has 0 bridgehead atoms. The van der Waals surface area contributed by atoms with Crippen molar-refractivity contribution in [2.75, 3.05) is 18.0 Å². The maximum Gasteiger partial charge on any atom is 0.257 e. The van der Waals surface area contributed by atoms with Crippen LogP contribution in [0.15, 0.2) is 42.5 Å². The maximum atomic E-state index is 14.1. The first-order valence-electron chi connectivity index (χ1n) is 8.03. The summed E-state index contributed by atoms with van der Waals surface area (Å²) in [7, 11) is 0. The molecular formula is C19H18F2N2O2. The predicted molar refractivity (Wildman–Crippen MR) is 90.4 cm³/mol. The van der Waals surface area contributed by atoms with Crippen molar-refractivity contribution in [1.82, 2.24) is 4.90 Å². The van der Waals surface area contributed by atoms with E-state index in [-0.39, 0.29) is 30.2 Å². The van der Waals surface area contributed by atoms with E-state index < -0.39 is 23.6 Å². The number of anilines is 1. The second-order valence-corrected chi connectivity index (χ2v) is 6.10. The van der Waals surface area contributed by atoms with E-state index in [4.69, 9.17) is 0 Å². The van der Waals surface area contributed by atoms with Gasteiger partial charge in [0.2, 0.25) is 5.91 Å². The van der Waals surface area contributed by atoms with Gasteiger partial charge in [0.25, 0.3) is 5.91 Å². The molecule has 1 fully saturated rings. The summed E-state index contributed by atoms with van der Waals surface area (Å²) in [5.41, 5.74) is 0.967. The summed E-state index contributed by atoms with van der Waals surface area (Å²) in [4.78, 5) is 27.9. The summed E-state index contributed by atoms with van der Waals surface area (Å²) in [5.74, 6) is -2.04. The molecule has 3 rings (SSSR count). The number of rotatable bonds is 2. The van der Waals surface area contributed by atoms with Crippen LogP contribution in [-0.4, -0.2) is 35.8 Å². The topological polar surface area (TPSA) is 40.6 Å². The molecule has 1 aliphatic rings. The molecule has 130 valence electrons. The van der Waals surface area contributed by atoms with Gasteiger partial charge in [0.15, 0.2) is 0 Å². The summed E-state index contributed by atoms with van der Waals surface area (Å²) in [6, 6.07) is 9.42. The zero-order valence-electron chi connectivity index (χ0n) is 14.0. The molecule has 25 heavy (non-hydrogen) atoms. The van der Waals surface area contributed by atoms with E-state index in [1.54, 1.807) is 25.1 Å². The number of hydrogen-bond donors (Lipinski definition) is 0. The van der Waals surface area contributed by atoms with Gasteiger partial charge in [-0.15, -0.1) is 0 Å². The van der Waals surface area contributed by atoms with Gasteiger partial charge in [0.05, 0.1) is 11.3 Å². The average Bonchev–Trinajstić information content (AvgIpc) is 2.59. The van der Waals surface area contributed by atoms with Crippen molar-refractivity contribution in [2.45, 2.75) is 19.9 Å². The van der Waals surface area contributed by atoms with E-state index in [9.17, 15) is 18.4 Å². The number of carbonyl (C=O) groups is 2. The number of nitrogens with zero attached hydrogens (tertiary/aromatic N) is 2. The number of halogens is 2. The molecule has 1 atom stereocenters. The lowest BCUT2D eigenvalue weighted by molar-refractivity contribution is -0.124. The third kappa shape index (κ3) is 3.12. The first-order chi connectivity index (χ1) is 11.9. The minimum atomic E-state index is -0.805. The highest BCUT2D eigenvalue weighted by Crippen LogP contribution is 2.25. The molecule has 1 heterocycles. The lowest BCUT2D eigenvalue weighted by atomic mass is 10.1. The zero-order valence-corrected chi connectivity index (χ0v) is 14.0. The molecule has 4 nitrogen and oxygen atoms in total. The molecule has 1 unspecified atom stereocenters. The van der Waals surface area contributed by atoms with Crippen LogP contribution in [0.25, 0.3) is 0 Å². The fourth-order valence-electron chi connectivity index (χ4n) is 3.01. The predicted octanol–water partition coefficient (Wildman–Crippen LogP) is 3.15. The Balaban J connectivity index is 1.86. The van der Waals surface area contributed by atoms with Crippen LogP contribution in [0.4, 0.5) is 14.5 Å². The quantitative estimate of drug-likeness (QED) is 0.840. The van der Waals surface area contributed by atoms with Crippen LogP contribution in [-0.2, 0) is 4.79 Å². The van der Waals surface area contributed by atoms with Crippen molar-refractivity contribution in [3.8, 4) is 0 Å². The van der Waals surface area contributed by atoms with Crippen molar-refractivity contribution in [2.24, 2.45) is 0 Å². The summed E-state index contributed by atoms with van der Waals surface area (Å²) in [6.45, 7) is 3.74. The largest absolute Gasteiger partial charge is 0.325 e. The van der Waals surface area contributed by atoms with E-state index >= 15 is 0 Å². The molecule has 0 N–H and O–H groups in total. The van der Waals surface area contributed by atoms with Gasteiger partial charge in [-0.25, -0.2) is 8.78 Å². The zero-order chi connectivity index (χ0) is 18.1. The summed E-state index contributed by atoms with van der Waals surface area (Å²) >= 11 is 0. The number of carbonyl (C=O) groups excluding carboxylic acids is 2. The molecule has 0 saturated carbocycles. The Bertz CT molecular complexity index is 838. The van der Waals surface area contributed by atoms with Gasteiger partial charge in [-0.05, 0) is 43.7 Å². The van der Waals surface area contributed by atoms with E-state index in [1.165, 1.54) is 34.1 Å². The SMILES string of the molecule is Cc1ccc(F)c(N2CCN(C(=O)c3ccccc3F)C(C)C2=O)c1. The molecular weight excluding hydrogens is 326 g/mol. The molecule has 0 radical (unpaired) electrons. The normalized spacial score (nSPS) is 17.8. The molecule has 0 spiro atoms. The first-order valence-corrected chi connectivity index (χ1v) is 8.03. The Labute approximate surface area is 144 Å². The molecule has 2 amide bonds. The van der Waals surface area contributed by atoms with E-state index in [1.807, 2.05) is 6.92 Å². The number of piperazine rings is 1. The highest BCUT2D eigenvalue weighted by Gasteiger charge is 2.36. The van der Waals surface area contributed by atoms with Crippen LogP contribution < -0.4 is 4.90 Å². The van der Waals surface area contributed by atoms with Gasteiger partial charge >= 0.3 is 0 Å².